The molecule has 1 aromatic rings. The second-order valence-electron chi connectivity index (χ2n) is 4.11. The van der Waals surface area contributed by atoms with E-state index < -0.39 is 0 Å². The van der Waals surface area contributed by atoms with E-state index in [2.05, 4.69) is 15.9 Å². The van der Waals surface area contributed by atoms with Crippen LogP contribution in [0.3, 0.4) is 0 Å². The lowest BCUT2D eigenvalue weighted by Gasteiger charge is -2.06. The predicted molar refractivity (Wildman–Crippen MR) is 69.3 cm³/mol. The molecule has 2 rings (SSSR count). The lowest BCUT2D eigenvalue weighted by molar-refractivity contribution is 0.0862. The molecule has 1 fully saturated rings. The molecule has 0 aromatic carbocycles. The van der Waals surface area contributed by atoms with Crippen molar-refractivity contribution in [2.45, 2.75) is 38.7 Å². The van der Waals surface area contributed by atoms with E-state index in [-0.39, 0.29) is 5.78 Å². The summed E-state index contributed by atoms with van der Waals surface area (Å²) in [5.41, 5.74) is 0. The fourth-order valence-electron chi connectivity index (χ4n) is 1.88. The summed E-state index contributed by atoms with van der Waals surface area (Å²) < 4.78 is 6.55. The predicted octanol–water partition coefficient (Wildman–Crippen LogP) is 3.96. The normalized spacial score (nSPS) is 20.2. The van der Waals surface area contributed by atoms with Gasteiger partial charge in [-0.25, -0.2) is 0 Å². The Morgan fingerprint density at radius 3 is 3.06 bits per heavy atom. The third kappa shape index (κ3) is 2.93. The second kappa shape index (κ2) is 5.43. The van der Waals surface area contributed by atoms with Crippen LogP contribution in [0.25, 0.3) is 0 Å². The SMILES string of the molecule is Cc1sc(C(=O)CCC2CCCO2)cc1Br. The molecular weight excluding hydrogens is 288 g/mol. The third-order valence-electron chi connectivity index (χ3n) is 2.85. The lowest BCUT2D eigenvalue weighted by atomic mass is 10.1. The summed E-state index contributed by atoms with van der Waals surface area (Å²) in [5, 5.41) is 0. The molecule has 4 heteroatoms. The van der Waals surface area contributed by atoms with Crippen molar-refractivity contribution in [3.63, 3.8) is 0 Å². The van der Waals surface area contributed by atoms with Crippen molar-refractivity contribution >= 4 is 33.0 Å². The summed E-state index contributed by atoms with van der Waals surface area (Å²) in [7, 11) is 0. The molecule has 0 saturated carbocycles. The van der Waals surface area contributed by atoms with Crippen molar-refractivity contribution in [3.8, 4) is 0 Å². The maximum Gasteiger partial charge on any atom is 0.172 e. The topological polar surface area (TPSA) is 26.3 Å². The van der Waals surface area contributed by atoms with Crippen LogP contribution in [-0.2, 0) is 4.74 Å². The molecule has 16 heavy (non-hydrogen) atoms. The fourth-order valence-corrected chi connectivity index (χ4v) is 3.39. The van der Waals surface area contributed by atoms with Crippen molar-refractivity contribution in [3.05, 3.63) is 20.3 Å². The molecule has 1 atom stereocenters. The highest BCUT2D eigenvalue weighted by Crippen LogP contribution is 2.28. The van der Waals surface area contributed by atoms with Gasteiger partial charge in [-0.2, -0.15) is 0 Å². The minimum absolute atomic E-state index is 0.245. The van der Waals surface area contributed by atoms with Crippen molar-refractivity contribution in [2.24, 2.45) is 0 Å². The van der Waals surface area contributed by atoms with Gasteiger partial charge in [-0.15, -0.1) is 11.3 Å². The number of Topliss-reactive ketones (excluding diaryl/α,β-unsaturated/α-hetero) is 1. The van der Waals surface area contributed by atoms with Crippen LogP contribution >= 0.6 is 27.3 Å². The average Bonchev–Trinajstić information content (AvgIpc) is 2.86. The highest BCUT2D eigenvalue weighted by molar-refractivity contribution is 9.10. The standard InChI is InChI=1S/C12H15BrO2S/c1-8-10(13)7-12(16-8)11(14)5-4-9-3-2-6-15-9/h7,9H,2-6H2,1H3. The maximum absolute atomic E-state index is 11.9. The first-order chi connectivity index (χ1) is 7.66. The smallest absolute Gasteiger partial charge is 0.172 e. The molecular formula is C12H15BrO2S. The molecule has 2 heterocycles. The summed E-state index contributed by atoms with van der Waals surface area (Å²) in [6.45, 7) is 2.88. The molecule has 0 amide bonds. The van der Waals surface area contributed by atoms with Crippen LogP contribution in [0.15, 0.2) is 10.5 Å². The first-order valence-electron chi connectivity index (χ1n) is 5.57. The molecule has 0 spiro atoms. The molecule has 0 N–H and O–H groups in total. The van der Waals surface area contributed by atoms with E-state index in [1.54, 1.807) is 11.3 Å². The van der Waals surface area contributed by atoms with Gasteiger partial charge in [0.25, 0.3) is 0 Å². The summed E-state index contributed by atoms with van der Waals surface area (Å²) in [6, 6.07) is 1.93. The number of hydrogen-bond donors (Lipinski definition) is 0. The zero-order valence-electron chi connectivity index (χ0n) is 9.29. The molecule has 0 radical (unpaired) electrons. The second-order valence-corrected chi connectivity index (χ2v) is 6.22. The van der Waals surface area contributed by atoms with E-state index in [9.17, 15) is 4.79 Å². The number of halogens is 1. The minimum Gasteiger partial charge on any atom is -0.378 e. The molecule has 1 aliphatic rings. The summed E-state index contributed by atoms with van der Waals surface area (Å²) >= 11 is 5.00. The Bertz CT molecular complexity index is 361. The van der Waals surface area contributed by atoms with Gasteiger partial charge < -0.3 is 4.74 Å². The Morgan fingerprint density at radius 2 is 2.50 bits per heavy atom. The first kappa shape index (κ1) is 12.3. The molecule has 1 unspecified atom stereocenters. The highest BCUT2D eigenvalue weighted by atomic mass is 79.9. The Morgan fingerprint density at radius 1 is 1.69 bits per heavy atom. The van der Waals surface area contributed by atoms with E-state index in [1.165, 1.54) is 4.88 Å². The number of ketones is 1. The Kier molecular flexibility index (Phi) is 4.16. The molecule has 1 aromatic heterocycles. The zero-order valence-corrected chi connectivity index (χ0v) is 11.7. The van der Waals surface area contributed by atoms with E-state index in [0.29, 0.717) is 12.5 Å². The van der Waals surface area contributed by atoms with Crippen molar-refractivity contribution in [2.75, 3.05) is 6.61 Å². The van der Waals surface area contributed by atoms with Gasteiger partial charge in [0.1, 0.15) is 0 Å². The lowest BCUT2D eigenvalue weighted by Crippen LogP contribution is -2.08. The van der Waals surface area contributed by atoms with Gasteiger partial charge in [0.05, 0.1) is 11.0 Å². The van der Waals surface area contributed by atoms with Crippen molar-refractivity contribution in [1.82, 2.24) is 0 Å². The van der Waals surface area contributed by atoms with Gasteiger partial charge in [-0.05, 0) is 48.2 Å². The maximum atomic E-state index is 11.9. The van der Waals surface area contributed by atoms with Crippen LogP contribution in [0, 0.1) is 6.92 Å². The fraction of sp³-hybridized carbons (Fsp3) is 0.583. The zero-order chi connectivity index (χ0) is 11.5. The van der Waals surface area contributed by atoms with Crippen LogP contribution < -0.4 is 0 Å². The van der Waals surface area contributed by atoms with Crippen LogP contribution in [0.5, 0.6) is 0 Å². The van der Waals surface area contributed by atoms with Gasteiger partial charge in [-0.3, -0.25) is 4.79 Å². The van der Waals surface area contributed by atoms with Crippen LogP contribution in [-0.4, -0.2) is 18.5 Å². The molecule has 2 nitrogen and oxygen atoms in total. The number of thiophene rings is 1. The third-order valence-corrected chi connectivity index (χ3v) is 5.03. The number of aryl methyl sites for hydroxylation is 1. The number of rotatable bonds is 4. The summed E-state index contributed by atoms with van der Waals surface area (Å²) in [6.07, 6.45) is 4.04. The van der Waals surface area contributed by atoms with E-state index in [0.717, 1.165) is 35.2 Å². The van der Waals surface area contributed by atoms with Gasteiger partial charge in [-0.1, -0.05) is 0 Å². The van der Waals surface area contributed by atoms with E-state index >= 15 is 0 Å². The number of carbonyl (C=O) groups is 1. The average molecular weight is 303 g/mol. The Balaban J connectivity index is 1.87. The number of carbonyl (C=O) groups excluding carboxylic acids is 1. The largest absolute Gasteiger partial charge is 0.378 e. The van der Waals surface area contributed by atoms with Crippen LogP contribution in [0.2, 0.25) is 0 Å². The first-order valence-corrected chi connectivity index (χ1v) is 7.18. The van der Waals surface area contributed by atoms with Crippen molar-refractivity contribution < 1.29 is 9.53 Å². The minimum atomic E-state index is 0.245. The van der Waals surface area contributed by atoms with E-state index in [1.807, 2.05) is 13.0 Å². The van der Waals surface area contributed by atoms with Gasteiger partial charge in [0, 0.05) is 22.4 Å². The Hall–Kier alpha value is -0.190. The molecule has 88 valence electrons. The molecule has 0 aliphatic carbocycles. The molecule has 1 saturated heterocycles. The van der Waals surface area contributed by atoms with Gasteiger partial charge in [0.15, 0.2) is 5.78 Å². The highest BCUT2D eigenvalue weighted by Gasteiger charge is 2.18. The number of hydrogen-bond acceptors (Lipinski definition) is 3. The van der Waals surface area contributed by atoms with Gasteiger partial charge in [0.2, 0.25) is 0 Å². The number of ether oxygens (including phenoxy) is 1. The summed E-state index contributed by atoms with van der Waals surface area (Å²) in [4.78, 5) is 13.9. The van der Waals surface area contributed by atoms with Crippen LogP contribution in [0.4, 0.5) is 0 Å². The monoisotopic (exact) mass is 302 g/mol. The molecule has 0 bridgehead atoms. The van der Waals surface area contributed by atoms with Crippen LogP contribution in [0.1, 0.15) is 40.2 Å². The Labute approximate surface area is 108 Å². The quantitative estimate of drug-likeness (QED) is 0.787. The van der Waals surface area contributed by atoms with Crippen molar-refractivity contribution in [1.29, 1.82) is 0 Å². The van der Waals surface area contributed by atoms with Gasteiger partial charge >= 0.3 is 0 Å². The summed E-state index contributed by atoms with van der Waals surface area (Å²) in [5.74, 6) is 0.245. The molecule has 1 aliphatic heterocycles. The van der Waals surface area contributed by atoms with E-state index in [4.69, 9.17) is 4.74 Å².